The zero-order chi connectivity index (χ0) is 15.5. The van der Waals surface area contributed by atoms with Gasteiger partial charge in [-0.2, -0.15) is 0 Å². The SMILES string of the molecule is O=[N+]([O-])c1cccc(CSc2nc(O)cc3c2CCCC3)c1. The van der Waals surface area contributed by atoms with Crippen LogP contribution in [-0.4, -0.2) is 15.0 Å². The standard InChI is InChI=1S/C16H16N2O3S/c19-15-9-12-5-1-2-7-14(12)16(17-15)22-10-11-4-3-6-13(8-11)18(20)21/h3-4,6,8-9H,1-2,5,7,10H2,(H,17,19). The summed E-state index contributed by atoms with van der Waals surface area (Å²) in [6.45, 7) is 0. The lowest BCUT2D eigenvalue weighted by Crippen LogP contribution is -2.05. The predicted octanol–water partition coefficient (Wildman–Crippen LogP) is 3.87. The van der Waals surface area contributed by atoms with Crippen LogP contribution in [-0.2, 0) is 18.6 Å². The minimum atomic E-state index is -0.386. The number of nitro groups is 1. The maximum Gasteiger partial charge on any atom is 0.269 e. The van der Waals surface area contributed by atoms with Crippen LogP contribution >= 0.6 is 11.8 Å². The highest BCUT2D eigenvalue weighted by Gasteiger charge is 2.17. The van der Waals surface area contributed by atoms with E-state index in [-0.39, 0.29) is 16.5 Å². The number of nitro benzene ring substituents is 1. The van der Waals surface area contributed by atoms with Gasteiger partial charge in [0.1, 0.15) is 5.03 Å². The van der Waals surface area contributed by atoms with Gasteiger partial charge < -0.3 is 5.11 Å². The second kappa shape index (κ2) is 6.36. The smallest absolute Gasteiger partial charge is 0.269 e. The molecule has 1 heterocycles. The van der Waals surface area contributed by atoms with Crippen molar-refractivity contribution in [1.82, 2.24) is 4.98 Å². The largest absolute Gasteiger partial charge is 0.493 e. The molecule has 5 nitrogen and oxygen atoms in total. The molecule has 0 spiro atoms. The lowest BCUT2D eigenvalue weighted by molar-refractivity contribution is -0.384. The number of non-ortho nitro benzene ring substituents is 1. The van der Waals surface area contributed by atoms with Gasteiger partial charge in [0, 0.05) is 24.0 Å². The Morgan fingerprint density at radius 1 is 1.27 bits per heavy atom. The molecular weight excluding hydrogens is 300 g/mol. The van der Waals surface area contributed by atoms with Gasteiger partial charge in [-0.15, -0.1) is 11.8 Å². The lowest BCUT2D eigenvalue weighted by Gasteiger charge is -2.18. The Labute approximate surface area is 132 Å². The number of aromatic nitrogens is 1. The number of hydrogen-bond donors (Lipinski definition) is 1. The third-order valence-electron chi connectivity index (χ3n) is 3.79. The predicted molar refractivity (Wildman–Crippen MR) is 85.2 cm³/mol. The van der Waals surface area contributed by atoms with Crippen molar-refractivity contribution < 1.29 is 10.0 Å². The summed E-state index contributed by atoms with van der Waals surface area (Å²) >= 11 is 1.53. The third-order valence-corrected chi connectivity index (χ3v) is 4.87. The average molecular weight is 316 g/mol. The maximum atomic E-state index is 10.8. The topological polar surface area (TPSA) is 76.3 Å². The molecule has 0 saturated carbocycles. The fourth-order valence-electron chi connectivity index (χ4n) is 2.72. The fraction of sp³-hybridized carbons (Fsp3) is 0.312. The minimum Gasteiger partial charge on any atom is -0.493 e. The molecule has 1 aliphatic carbocycles. The zero-order valence-corrected chi connectivity index (χ0v) is 12.8. The highest BCUT2D eigenvalue weighted by molar-refractivity contribution is 7.98. The van der Waals surface area contributed by atoms with Crippen molar-refractivity contribution in [3.63, 3.8) is 0 Å². The summed E-state index contributed by atoms with van der Waals surface area (Å²) in [5.74, 6) is 0.659. The first-order valence-electron chi connectivity index (χ1n) is 7.21. The van der Waals surface area contributed by atoms with E-state index in [1.165, 1.54) is 29.0 Å². The first-order chi connectivity index (χ1) is 10.6. The molecule has 1 aromatic carbocycles. The summed E-state index contributed by atoms with van der Waals surface area (Å²) in [6, 6.07) is 8.39. The molecule has 1 N–H and O–H groups in total. The van der Waals surface area contributed by atoms with Gasteiger partial charge in [-0.3, -0.25) is 10.1 Å². The first kappa shape index (κ1) is 14.8. The van der Waals surface area contributed by atoms with E-state index in [2.05, 4.69) is 4.98 Å². The van der Waals surface area contributed by atoms with E-state index in [1.54, 1.807) is 18.2 Å². The highest BCUT2D eigenvalue weighted by atomic mass is 32.2. The highest BCUT2D eigenvalue weighted by Crippen LogP contribution is 2.33. The van der Waals surface area contributed by atoms with Crippen molar-refractivity contribution in [2.75, 3.05) is 0 Å². The van der Waals surface area contributed by atoms with Gasteiger partial charge in [0.15, 0.2) is 0 Å². The van der Waals surface area contributed by atoms with Gasteiger partial charge in [-0.1, -0.05) is 12.1 Å². The average Bonchev–Trinajstić information content (AvgIpc) is 2.52. The van der Waals surface area contributed by atoms with Crippen LogP contribution in [0, 0.1) is 10.1 Å². The summed E-state index contributed by atoms with van der Waals surface area (Å²) in [7, 11) is 0. The number of nitrogens with zero attached hydrogens (tertiary/aromatic N) is 2. The van der Waals surface area contributed by atoms with Crippen LogP contribution < -0.4 is 0 Å². The monoisotopic (exact) mass is 316 g/mol. The Bertz CT molecular complexity index is 719. The van der Waals surface area contributed by atoms with E-state index < -0.39 is 0 Å². The van der Waals surface area contributed by atoms with Gasteiger partial charge in [0.2, 0.25) is 5.88 Å². The van der Waals surface area contributed by atoms with Gasteiger partial charge >= 0.3 is 0 Å². The molecule has 0 atom stereocenters. The second-order valence-corrected chi connectivity index (χ2v) is 6.31. The number of benzene rings is 1. The van der Waals surface area contributed by atoms with Crippen molar-refractivity contribution in [2.24, 2.45) is 0 Å². The van der Waals surface area contributed by atoms with Gasteiger partial charge in [0.05, 0.1) is 4.92 Å². The summed E-state index contributed by atoms with van der Waals surface area (Å²) in [4.78, 5) is 14.7. The fourth-order valence-corrected chi connectivity index (χ4v) is 3.77. The zero-order valence-electron chi connectivity index (χ0n) is 12.0. The summed E-state index contributed by atoms with van der Waals surface area (Å²) in [5, 5.41) is 21.4. The second-order valence-electron chi connectivity index (χ2n) is 5.35. The first-order valence-corrected chi connectivity index (χ1v) is 8.20. The molecule has 2 aromatic rings. The van der Waals surface area contributed by atoms with E-state index in [4.69, 9.17) is 0 Å². The van der Waals surface area contributed by atoms with Crippen LogP contribution in [0.15, 0.2) is 35.4 Å². The molecule has 114 valence electrons. The van der Waals surface area contributed by atoms with Gasteiger partial charge in [-0.25, -0.2) is 4.98 Å². The number of rotatable bonds is 4. The van der Waals surface area contributed by atoms with Crippen LogP contribution in [0.5, 0.6) is 5.88 Å². The van der Waals surface area contributed by atoms with E-state index in [9.17, 15) is 15.2 Å². The Morgan fingerprint density at radius 2 is 2.09 bits per heavy atom. The number of thioether (sulfide) groups is 1. The van der Waals surface area contributed by atoms with E-state index >= 15 is 0 Å². The summed E-state index contributed by atoms with van der Waals surface area (Å²) < 4.78 is 0. The van der Waals surface area contributed by atoms with Gasteiger partial charge in [0.25, 0.3) is 5.69 Å². The molecule has 0 amide bonds. The number of pyridine rings is 1. The quantitative estimate of drug-likeness (QED) is 0.526. The van der Waals surface area contributed by atoms with Crippen LogP contribution in [0.25, 0.3) is 0 Å². The molecule has 22 heavy (non-hydrogen) atoms. The van der Waals surface area contributed by atoms with Crippen molar-refractivity contribution in [1.29, 1.82) is 0 Å². The Balaban J connectivity index is 1.81. The number of fused-ring (bicyclic) bond motifs is 1. The molecule has 0 aliphatic heterocycles. The van der Waals surface area contributed by atoms with Crippen molar-refractivity contribution in [3.8, 4) is 5.88 Å². The summed E-state index contributed by atoms with van der Waals surface area (Å²) in [5.41, 5.74) is 3.39. The van der Waals surface area contributed by atoms with Crippen LogP contribution in [0.3, 0.4) is 0 Å². The van der Waals surface area contributed by atoms with Crippen LogP contribution in [0.2, 0.25) is 0 Å². The maximum absolute atomic E-state index is 10.8. The minimum absolute atomic E-state index is 0.0576. The number of aryl methyl sites for hydroxylation is 1. The Kier molecular flexibility index (Phi) is 4.29. The van der Waals surface area contributed by atoms with Gasteiger partial charge in [-0.05, 0) is 42.4 Å². The third kappa shape index (κ3) is 3.22. The van der Waals surface area contributed by atoms with E-state index in [1.807, 2.05) is 6.07 Å². The summed E-state index contributed by atoms with van der Waals surface area (Å²) in [6.07, 6.45) is 4.25. The molecule has 0 radical (unpaired) electrons. The molecule has 6 heteroatoms. The molecule has 3 rings (SSSR count). The van der Waals surface area contributed by atoms with E-state index in [0.717, 1.165) is 36.3 Å². The van der Waals surface area contributed by atoms with Crippen molar-refractivity contribution in [3.05, 3.63) is 57.1 Å². The number of aromatic hydroxyl groups is 1. The Morgan fingerprint density at radius 3 is 2.91 bits per heavy atom. The molecule has 1 aliphatic rings. The van der Waals surface area contributed by atoms with E-state index in [0.29, 0.717) is 5.75 Å². The van der Waals surface area contributed by atoms with Crippen LogP contribution in [0.1, 0.15) is 29.5 Å². The Hall–Kier alpha value is -2.08. The molecule has 0 bridgehead atoms. The van der Waals surface area contributed by atoms with Crippen LogP contribution in [0.4, 0.5) is 5.69 Å². The number of hydrogen-bond acceptors (Lipinski definition) is 5. The molecule has 0 saturated heterocycles. The molecule has 0 unspecified atom stereocenters. The molecule has 0 fully saturated rings. The van der Waals surface area contributed by atoms with Crippen molar-refractivity contribution in [2.45, 2.75) is 36.5 Å². The normalized spacial score (nSPS) is 13.6. The molecule has 1 aromatic heterocycles. The molecular formula is C16H16N2O3S. The lowest BCUT2D eigenvalue weighted by atomic mass is 9.93. The van der Waals surface area contributed by atoms with Crippen molar-refractivity contribution >= 4 is 17.4 Å².